The van der Waals surface area contributed by atoms with E-state index in [2.05, 4.69) is 30.2 Å². The molecule has 1 aromatic rings. The molecular formula is C21H18ClN5. The normalized spacial score (nSPS) is 34.0. The van der Waals surface area contributed by atoms with Gasteiger partial charge in [0.2, 0.25) is 5.41 Å². The largest absolute Gasteiger partial charge is 0.305 e. The molecule has 0 radical (unpaired) electrons. The molecule has 134 valence electrons. The number of hydrogen-bond acceptors (Lipinski definition) is 5. The third kappa shape index (κ3) is 2.28. The minimum atomic E-state index is -1.64. The fourth-order valence-corrected chi connectivity index (χ4v) is 5.37. The van der Waals surface area contributed by atoms with Gasteiger partial charge in [-0.25, -0.2) is 0 Å². The molecule has 1 aromatic carbocycles. The Labute approximate surface area is 163 Å². The molecule has 0 aromatic heterocycles. The zero-order valence-electron chi connectivity index (χ0n) is 14.9. The van der Waals surface area contributed by atoms with E-state index in [1.165, 1.54) is 0 Å². The predicted molar refractivity (Wildman–Crippen MR) is 101 cm³/mol. The highest BCUT2D eigenvalue weighted by Crippen LogP contribution is 2.57. The van der Waals surface area contributed by atoms with E-state index in [-0.39, 0.29) is 29.6 Å². The molecule has 1 N–H and O–H groups in total. The maximum absolute atomic E-state index is 9.93. The van der Waals surface area contributed by atoms with Crippen molar-refractivity contribution in [3.8, 4) is 18.2 Å². The van der Waals surface area contributed by atoms with Gasteiger partial charge in [0.25, 0.3) is 0 Å². The second-order valence-electron chi connectivity index (χ2n) is 7.60. The highest BCUT2D eigenvalue weighted by molar-refractivity contribution is 6.30. The number of rotatable bonds is 1. The second-order valence-corrected chi connectivity index (χ2v) is 8.03. The van der Waals surface area contributed by atoms with Crippen LogP contribution in [0.5, 0.6) is 0 Å². The summed E-state index contributed by atoms with van der Waals surface area (Å²) in [6.07, 6.45) is 3.94. The van der Waals surface area contributed by atoms with Crippen LogP contribution in [0, 0.1) is 56.7 Å². The maximum atomic E-state index is 9.93. The van der Waals surface area contributed by atoms with Crippen molar-refractivity contribution in [3.05, 3.63) is 46.5 Å². The first kappa shape index (κ1) is 17.7. The minimum absolute atomic E-state index is 0.0959. The molecule has 3 aliphatic rings. The Bertz CT molecular complexity index is 944. The summed E-state index contributed by atoms with van der Waals surface area (Å²) in [5, 5.41) is 39.0. The molecule has 2 heterocycles. The Hall–Kier alpha value is -2.65. The average Bonchev–Trinajstić information content (AvgIpc) is 2.91. The van der Waals surface area contributed by atoms with E-state index < -0.39 is 11.3 Å². The van der Waals surface area contributed by atoms with Crippen LogP contribution in [0.4, 0.5) is 0 Å². The molecule has 6 heteroatoms. The molecule has 27 heavy (non-hydrogen) atoms. The van der Waals surface area contributed by atoms with Crippen LogP contribution in [-0.4, -0.2) is 29.7 Å². The van der Waals surface area contributed by atoms with Gasteiger partial charge in [-0.15, -0.1) is 0 Å². The van der Waals surface area contributed by atoms with E-state index in [1.54, 1.807) is 12.1 Å². The average molecular weight is 376 g/mol. The number of benzene rings is 1. The Balaban J connectivity index is 1.97. The molecular weight excluding hydrogens is 358 g/mol. The monoisotopic (exact) mass is 375 g/mol. The zero-order valence-corrected chi connectivity index (χ0v) is 15.6. The summed E-state index contributed by atoms with van der Waals surface area (Å²) in [6, 6.07) is 14.2. The predicted octanol–water partition coefficient (Wildman–Crippen LogP) is 3.65. The summed E-state index contributed by atoms with van der Waals surface area (Å²) >= 11 is 6.05. The number of nitriles is 3. The molecule has 0 amide bonds. The van der Waals surface area contributed by atoms with Crippen LogP contribution in [0.2, 0.25) is 5.02 Å². The topological polar surface area (TPSA) is 98.5 Å². The fraction of sp³-hybridized carbons (Fsp3) is 0.429. The lowest BCUT2D eigenvalue weighted by atomic mass is 9.54. The number of hydrogen-bond donors (Lipinski definition) is 1. The number of likely N-dealkylation sites (N-methyl/N-ethyl adjacent to an activating group) is 1. The van der Waals surface area contributed by atoms with Crippen molar-refractivity contribution < 1.29 is 0 Å². The van der Waals surface area contributed by atoms with Crippen LogP contribution < -0.4 is 0 Å². The Morgan fingerprint density at radius 1 is 1.11 bits per heavy atom. The van der Waals surface area contributed by atoms with Crippen molar-refractivity contribution in [2.24, 2.45) is 17.3 Å². The zero-order chi connectivity index (χ0) is 19.3. The molecule has 5 atom stereocenters. The third-order valence-corrected chi connectivity index (χ3v) is 6.83. The molecule has 0 spiro atoms. The van der Waals surface area contributed by atoms with Gasteiger partial charge in [-0.3, -0.25) is 4.90 Å². The Kier molecular flexibility index (Phi) is 4.08. The van der Waals surface area contributed by atoms with E-state index in [0.717, 1.165) is 24.0 Å². The van der Waals surface area contributed by atoms with E-state index in [0.29, 0.717) is 5.02 Å². The van der Waals surface area contributed by atoms with Crippen molar-refractivity contribution in [3.63, 3.8) is 0 Å². The number of fused-ring (bicyclic) bond motifs is 4. The van der Waals surface area contributed by atoms with Gasteiger partial charge in [0.15, 0.2) is 0 Å². The summed E-state index contributed by atoms with van der Waals surface area (Å²) < 4.78 is 0. The van der Waals surface area contributed by atoms with E-state index in [9.17, 15) is 15.8 Å². The van der Waals surface area contributed by atoms with Crippen LogP contribution in [0.3, 0.4) is 0 Å². The van der Waals surface area contributed by atoms with Gasteiger partial charge >= 0.3 is 0 Å². The van der Waals surface area contributed by atoms with Crippen LogP contribution in [-0.2, 0) is 0 Å². The molecule has 2 fully saturated rings. The lowest BCUT2D eigenvalue weighted by Gasteiger charge is -2.50. The van der Waals surface area contributed by atoms with Crippen molar-refractivity contribution in [2.75, 3.05) is 7.05 Å². The highest BCUT2D eigenvalue weighted by atomic mass is 35.5. The van der Waals surface area contributed by atoms with Crippen LogP contribution in [0.1, 0.15) is 24.3 Å². The van der Waals surface area contributed by atoms with Gasteiger partial charge in [0.1, 0.15) is 0 Å². The number of halogens is 1. The summed E-state index contributed by atoms with van der Waals surface area (Å²) in [5.74, 6) is -1.24. The first-order valence-electron chi connectivity index (χ1n) is 8.99. The summed E-state index contributed by atoms with van der Waals surface area (Å²) in [7, 11) is 2.07. The van der Waals surface area contributed by atoms with Crippen molar-refractivity contribution in [2.45, 2.75) is 30.8 Å². The maximum Gasteiger partial charge on any atom is 0.203 e. The van der Waals surface area contributed by atoms with Crippen LogP contribution >= 0.6 is 11.6 Å². The van der Waals surface area contributed by atoms with Crippen molar-refractivity contribution in [1.29, 1.82) is 21.2 Å². The van der Waals surface area contributed by atoms with Gasteiger partial charge in [-0.1, -0.05) is 29.8 Å². The molecule has 0 unspecified atom stereocenters. The van der Waals surface area contributed by atoms with Gasteiger partial charge in [0.05, 0.1) is 29.8 Å². The summed E-state index contributed by atoms with van der Waals surface area (Å²) in [5.41, 5.74) is -0.0957. The molecule has 4 rings (SSSR count). The molecule has 1 saturated carbocycles. The second kappa shape index (κ2) is 6.21. The molecule has 2 bridgehead atoms. The van der Waals surface area contributed by atoms with E-state index in [4.69, 9.17) is 17.0 Å². The van der Waals surface area contributed by atoms with Crippen LogP contribution in [0.15, 0.2) is 35.9 Å². The van der Waals surface area contributed by atoms with Crippen molar-refractivity contribution >= 4 is 17.3 Å². The Morgan fingerprint density at radius 2 is 1.78 bits per heavy atom. The van der Waals surface area contributed by atoms with Gasteiger partial charge < -0.3 is 5.41 Å². The SMILES string of the molecule is CN1[C@H]2C=C3[C@@H]([C@@H](c4ccc(Cl)cc4)[C@@H](C#N)C(=N)C3(C#N)C#N)[C@@H]1CC2. The standard InChI is InChI=1S/C21H18ClN5/c1-27-14-6-7-17(27)19-16(8-14)21(10-24,11-25)20(26)15(9-23)18(19)12-2-4-13(22)5-3-12/h2-5,8,14-15,17-19,26H,6-7H2,1H3/t14-,15-,17+,18+,19-/m1/s1. The van der Waals surface area contributed by atoms with Gasteiger partial charge in [0, 0.05) is 28.9 Å². The third-order valence-electron chi connectivity index (χ3n) is 6.57. The molecule has 1 aliphatic carbocycles. The van der Waals surface area contributed by atoms with Gasteiger partial charge in [-0.05, 0) is 43.2 Å². The molecule has 5 nitrogen and oxygen atoms in total. The molecule has 2 aliphatic heterocycles. The summed E-state index contributed by atoms with van der Waals surface area (Å²) in [4.78, 5) is 2.29. The quantitative estimate of drug-likeness (QED) is 0.757. The van der Waals surface area contributed by atoms with Gasteiger partial charge in [-0.2, -0.15) is 15.8 Å². The minimum Gasteiger partial charge on any atom is -0.305 e. The Morgan fingerprint density at radius 3 is 2.37 bits per heavy atom. The smallest absolute Gasteiger partial charge is 0.203 e. The molecule has 1 saturated heterocycles. The fourth-order valence-electron chi connectivity index (χ4n) is 5.24. The van der Waals surface area contributed by atoms with Crippen LogP contribution in [0.25, 0.3) is 0 Å². The number of nitrogens with one attached hydrogen (secondary N) is 1. The van der Waals surface area contributed by atoms with Crippen molar-refractivity contribution in [1.82, 2.24) is 4.90 Å². The highest BCUT2D eigenvalue weighted by Gasteiger charge is 2.60. The summed E-state index contributed by atoms with van der Waals surface area (Å²) in [6.45, 7) is 0. The lowest BCUT2D eigenvalue weighted by molar-refractivity contribution is 0.162. The van der Waals surface area contributed by atoms with E-state index in [1.807, 2.05) is 18.2 Å². The lowest BCUT2D eigenvalue weighted by Crippen LogP contribution is -2.55. The van der Waals surface area contributed by atoms with E-state index >= 15 is 0 Å². The number of nitrogens with zero attached hydrogens (tertiary/aromatic N) is 4. The first-order chi connectivity index (χ1) is 13.0. The first-order valence-corrected chi connectivity index (χ1v) is 9.37.